The van der Waals surface area contributed by atoms with Gasteiger partial charge < -0.3 is 15.3 Å². The quantitative estimate of drug-likeness (QED) is 0.631. The minimum atomic E-state index is -0.679. The van der Waals surface area contributed by atoms with Gasteiger partial charge in [0.05, 0.1) is 18.1 Å². The molecule has 11 atom stereocenters. The molecule has 0 aliphatic heterocycles. The normalized spacial score (nSPS) is 51.4. The average Bonchev–Trinajstić information content (AvgIpc) is 3.00. The number of hydrogen-bond donors (Lipinski definition) is 3. The maximum Gasteiger partial charge on any atom is 0.306 e. The van der Waals surface area contributed by atoms with Crippen molar-refractivity contribution in [2.75, 3.05) is 0 Å². The van der Waals surface area contributed by atoms with Crippen LogP contribution in [-0.4, -0.2) is 33.5 Å². The predicted molar refractivity (Wildman–Crippen MR) is 113 cm³/mol. The highest BCUT2D eigenvalue weighted by Crippen LogP contribution is 2.68. The van der Waals surface area contributed by atoms with E-state index in [2.05, 4.69) is 20.8 Å². The second-order valence-corrected chi connectivity index (χ2v) is 11.9. The first kappa shape index (κ1) is 21.6. The van der Waals surface area contributed by atoms with Crippen LogP contribution in [0.3, 0.4) is 0 Å². The highest BCUT2D eigenvalue weighted by Gasteiger charge is 2.62. The van der Waals surface area contributed by atoms with Crippen LogP contribution >= 0.6 is 0 Å². The topological polar surface area (TPSA) is 77.8 Å². The molecule has 4 fully saturated rings. The fraction of sp³-hybridized carbons (Fsp3) is 0.960. The predicted octanol–water partition coefficient (Wildman–Crippen LogP) is 4.72. The molecule has 166 valence electrons. The number of hydrogen-bond acceptors (Lipinski definition) is 3. The van der Waals surface area contributed by atoms with E-state index < -0.39 is 5.97 Å². The summed E-state index contributed by atoms with van der Waals surface area (Å²) in [6.45, 7) is 9.02. The van der Waals surface area contributed by atoms with Crippen molar-refractivity contribution in [3.8, 4) is 0 Å². The second-order valence-electron chi connectivity index (χ2n) is 11.9. The molecule has 0 bridgehead atoms. The second kappa shape index (κ2) is 7.51. The van der Waals surface area contributed by atoms with E-state index in [0.29, 0.717) is 35.5 Å². The lowest BCUT2D eigenvalue weighted by atomic mass is 9.43. The average molecular weight is 407 g/mol. The van der Waals surface area contributed by atoms with Crippen LogP contribution < -0.4 is 0 Å². The van der Waals surface area contributed by atoms with Crippen molar-refractivity contribution in [1.29, 1.82) is 0 Å². The molecular weight excluding hydrogens is 364 g/mol. The molecule has 0 spiro atoms. The number of carboxylic acid groups (broad SMARTS) is 1. The largest absolute Gasteiger partial charge is 0.481 e. The number of aliphatic hydroxyl groups is 2. The zero-order valence-corrected chi connectivity index (χ0v) is 18.8. The molecule has 4 saturated carbocycles. The molecule has 0 saturated heterocycles. The summed E-state index contributed by atoms with van der Waals surface area (Å²) in [5, 5.41) is 30.9. The molecule has 29 heavy (non-hydrogen) atoms. The minimum absolute atomic E-state index is 0.182. The van der Waals surface area contributed by atoms with E-state index in [1.807, 2.05) is 6.92 Å². The van der Waals surface area contributed by atoms with Crippen molar-refractivity contribution in [3.05, 3.63) is 0 Å². The summed E-state index contributed by atoms with van der Waals surface area (Å²) in [6.07, 6.45) is 8.87. The Morgan fingerprint density at radius 2 is 1.62 bits per heavy atom. The molecule has 0 aromatic rings. The van der Waals surface area contributed by atoms with Gasteiger partial charge >= 0.3 is 5.97 Å². The Balaban J connectivity index is 1.56. The lowest BCUT2D eigenvalue weighted by Gasteiger charge is -2.62. The molecule has 4 aliphatic rings. The van der Waals surface area contributed by atoms with Gasteiger partial charge in [0.25, 0.3) is 0 Å². The van der Waals surface area contributed by atoms with Gasteiger partial charge in [-0.05, 0) is 104 Å². The van der Waals surface area contributed by atoms with Crippen molar-refractivity contribution in [2.45, 2.75) is 97.7 Å². The maximum absolute atomic E-state index is 11.4. The summed E-state index contributed by atoms with van der Waals surface area (Å²) in [7, 11) is 0. The highest BCUT2D eigenvalue weighted by molar-refractivity contribution is 5.69. The zero-order chi connectivity index (χ0) is 21.1. The third-order valence-electron chi connectivity index (χ3n) is 10.6. The van der Waals surface area contributed by atoms with E-state index >= 15 is 0 Å². The van der Waals surface area contributed by atoms with Gasteiger partial charge in [-0.15, -0.1) is 0 Å². The first-order valence-electron chi connectivity index (χ1n) is 12.2. The van der Waals surface area contributed by atoms with Gasteiger partial charge in [-0.25, -0.2) is 0 Å². The van der Waals surface area contributed by atoms with E-state index in [0.717, 1.165) is 32.1 Å². The Labute approximate surface area is 176 Å². The van der Waals surface area contributed by atoms with E-state index in [-0.39, 0.29) is 29.0 Å². The van der Waals surface area contributed by atoms with Crippen LogP contribution in [0.2, 0.25) is 0 Å². The monoisotopic (exact) mass is 406 g/mol. The van der Waals surface area contributed by atoms with E-state index in [4.69, 9.17) is 0 Å². The SMILES string of the molecule is C[C@H](C[C@@H](C)[C@H]1CCC2C3C(CC[C@@]21C)[C@@]1(C)CC[C@@H](O)CC1C[C@H]3O)C(=O)O. The molecule has 4 aliphatic carbocycles. The van der Waals surface area contributed by atoms with Gasteiger partial charge in [0.15, 0.2) is 0 Å². The summed E-state index contributed by atoms with van der Waals surface area (Å²) in [6, 6.07) is 0. The third kappa shape index (κ3) is 3.37. The van der Waals surface area contributed by atoms with Crippen LogP contribution in [0.1, 0.15) is 85.5 Å². The first-order chi connectivity index (χ1) is 13.6. The van der Waals surface area contributed by atoms with Crippen molar-refractivity contribution in [2.24, 2.45) is 52.3 Å². The highest BCUT2D eigenvalue weighted by atomic mass is 16.4. The fourth-order valence-corrected chi connectivity index (χ4v) is 9.00. The van der Waals surface area contributed by atoms with E-state index in [1.54, 1.807) is 0 Å². The Bertz CT molecular complexity index is 634. The third-order valence-corrected chi connectivity index (χ3v) is 10.6. The lowest BCUT2D eigenvalue weighted by Crippen LogP contribution is -2.58. The molecule has 0 radical (unpaired) electrons. The smallest absolute Gasteiger partial charge is 0.306 e. The number of aliphatic hydroxyl groups excluding tert-OH is 2. The van der Waals surface area contributed by atoms with Gasteiger partial charge in [-0.2, -0.15) is 0 Å². The minimum Gasteiger partial charge on any atom is -0.481 e. The van der Waals surface area contributed by atoms with Crippen LogP contribution in [0.15, 0.2) is 0 Å². The Kier molecular flexibility index (Phi) is 5.60. The van der Waals surface area contributed by atoms with Crippen LogP contribution in [0.5, 0.6) is 0 Å². The Morgan fingerprint density at radius 3 is 2.31 bits per heavy atom. The summed E-state index contributed by atoms with van der Waals surface area (Å²) in [4.78, 5) is 11.4. The molecule has 0 aromatic heterocycles. The molecule has 4 nitrogen and oxygen atoms in total. The first-order valence-corrected chi connectivity index (χ1v) is 12.2. The maximum atomic E-state index is 11.4. The van der Waals surface area contributed by atoms with Gasteiger partial charge in [0, 0.05) is 0 Å². The van der Waals surface area contributed by atoms with E-state index in [9.17, 15) is 20.1 Å². The van der Waals surface area contributed by atoms with Gasteiger partial charge in [-0.1, -0.05) is 27.7 Å². The number of aliphatic carboxylic acids is 1. The molecule has 0 aromatic carbocycles. The number of carbonyl (C=O) groups is 1. The molecule has 3 N–H and O–H groups in total. The zero-order valence-electron chi connectivity index (χ0n) is 18.8. The number of carboxylic acids is 1. The lowest BCUT2D eigenvalue weighted by molar-refractivity contribution is -0.174. The van der Waals surface area contributed by atoms with Crippen LogP contribution in [-0.2, 0) is 4.79 Å². The molecule has 4 heteroatoms. The fourth-order valence-electron chi connectivity index (χ4n) is 9.00. The van der Waals surface area contributed by atoms with Crippen LogP contribution in [0.4, 0.5) is 0 Å². The Morgan fingerprint density at radius 1 is 0.966 bits per heavy atom. The molecule has 4 rings (SSSR count). The van der Waals surface area contributed by atoms with Crippen molar-refractivity contribution in [1.82, 2.24) is 0 Å². The molecule has 0 amide bonds. The molecule has 0 heterocycles. The molecule has 4 unspecified atom stereocenters. The summed E-state index contributed by atoms with van der Waals surface area (Å²) >= 11 is 0. The Hall–Kier alpha value is -0.610. The van der Waals surface area contributed by atoms with Crippen molar-refractivity contribution < 1.29 is 20.1 Å². The van der Waals surface area contributed by atoms with Crippen molar-refractivity contribution >= 4 is 5.97 Å². The van der Waals surface area contributed by atoms with Crippen LogP contribution in [0, 0.1) is 52.3 Å². The summed E-state index contributed by atoms with van der Waals surface area (Å²) in [5.74, 6) is 2.02. The summed E-state index contributed by atoms with van der Waals surface area (Å²) in [5.41, 5.74) is 0.503. The van der Waals surface area contributed by atoms with Gasteiger partial charge in [0.1, 0.15) is 0 Å². The van der Waals surface area contributed by atoms with Crippen LogP contribution in [0.25, 0.3) is 0 Å². The van der Waals surface area contributed by atoms with Crippen molar-refractivity contribution in [3.63, 3.8) is 0 Å². The van der Waals surface area contributed by atoms with Gasteiger partial charge in [0.2, 0.25) is 0 Å². The standard InChI is InChI=1S/C25H42O4/c1-14(11-15(2)23(28)29)18-5-6-19-22-20(8-10-25(18,19)4)24(3)9-7-17(26)12-16(24)13-21(22)27/h14-22,26-27H,5-13H2,1-4H3,(H,28,29)/t14-,15-,16?,17-,18-,19?,20?,21-,22?,24+,25-/m1/s1. The number of rotatable bonds is 4. The van der Waals surface area contributed by atoms with E-state index in [1.165, 1.54) is 25.7 Å². The summed E-state index contributed by atoms with van der Waals surface area (Å²) < 4.78 is 0. The van der Waals surface area contributed by atoms with Gasteiger partial charge in [-0.3, -0.25) is 4.79 Å². The number of fused-ring (bicyclic) bond motifs is 5. The molecular formula is C25H42O4.